The molecule has 1 heterocycles. The second kappa shape index (κ2) is 6.34. The van der Waals surface area contributed by atoms with Gasteiger partial charge >= 0.3 is 5.97 Å². The van der Waals surface area contributed by atoms with Crippen LogP contribution in [0.25, 0.3) is 0 Å². The standard InChI is InChI=1S/C16H26N2O3/c19-15(14-12-7-3-5-10(12)8-17-14)18-9-11-4-1-2-6-13(11)16(20)21/h10-14,17H,1-9H2,(H,18,19)(H,20,21). The van der Waals surface area contributed by atoms with Gasteiger partial charge in [0, 0.05) is 6.54 Å². The highest BCUT2D eigenvalue weighted by atomic mass is 16.4. The molecular weight excluding hydrogens is 268 g/mol. The van der Waals surface area contributed by atoms with Crippen LogP contribution in [0.1, 0.15) is 44.9 Å². The lowest BCUT2D eigenvalue weighted by Crippen LogP contribution is -2.46. The summed E-state index contributed by atoms with van der Waals surface area (Å²) in [5.41, 5.74) is 0. The van der Waals surface area contributed by atoms with Crippen molar-refractivity contribution in [2.45, 2.75) is 51.0 Å². The molecule has 1 saturated heterocycles. The third-order valence-electron chi connectivity index (χ3n) is 5.79. The topological polar surface area (TPSA) is 78.4 Å². The summed E-state index contributed by atoms with van der Waals surface area (Å²) in [6.45, 7) is 1.48. The molecule has 3 aliphatic rings. The first-order valence-corrected chi connectivity index (χ1v) is 8.40. The van der Waals surface area contributed by atoms with Crippen molar-refractivity contribution in [2.75, 3.05) is 13.1 Å². The molecule has 0 aromatic heterocycles. The Bertz CT molecular complexity index is 412. The fraction of sp³-hybridized carbons (Fsp3) is 0.875. The molecule has 1 aliphatic heterocycles. The van der Waals surface area contributed by atoms with Crippen molar-refractivity contribution >= 4 is 11.9 Å². The number of amides is 1. The third-order valence-corrected chi connectivity index (χ3v) is 5.79. The van der Waals surface area contributed by atoms with Crippen LogP contribution >= 0.6 is 0 Å². The predicted molar refractivity (Wildman–Crippen MR) is 78.7 cm³/mol. The van der Waals surface area contributed by atoms with Gasteiger partial charge in [0.05, 0.1) is 12.0 Å². The van der Waals surface area contributed by atoms with E-state index >= 15 is 0 Å². The molecule has 3 rings (SSSR count). The lowest BCUT2D eigenvalue weighted by molar-refractivity contribution is -0.145. The fourth-order valence-corrected chi connectivity index (χ4v) is 4.59. The number of rotatable bonds is 4. The van der Waals surface area contributed by atoms with Crippen LogP contribution in [0.5, 0.6) is 0 Å². The molecule has 0 aromatic carbocycles. The number of carboxylic acid groups (broad SMARTS) is 1. The molecule has 5 heteroatoms. The minimum atomic E-state index is -0.705. The summed E-state index contributed by atoms with van der Waals surface area (Å²) < 4.78 is 0. The molecule has 5 unspecified atom stereocenters. The van der Waals surface area contributed by atoms with Gasteiger partial charge in [-0.1, -0.05) is 19.3 Å². The molecule has 5 atom stereocenters. The van der Waals surface area contributed by atoms with Crippen LogP contribution in [-0.2, 0) is 9.59 Å². The Labute approximate surface area is 125 Å². The van der Waals surface area contributed by atoms with Crippen LogP contribution in [0.15, 0.2) is 0 Å². The van der Waals surface area contributed by atoms with Crippen LogP contribution in [0.4, 0.5) is 0 Å². The Balaban J connectivity index is 1.52. The predicted octanol–water partition coefficient (Wildman–Crippen LogP) is 1.38. The maximum Gasteiger partial charge on any atom is 0.306 e. The average Bonchev–Trinajstić information content (AvgIpc) is 3.07. The van der Waals surface area contributed by atoms with Crippen LogP contribution in [0.2, 0.25) is 0 Å². The van der Waals surface area contributed by atoms with E-state index in [9.17, 15) is 14.7 Å². The molecule has 3 N–H and O–H groups in total. The van der Waals surface area contributed by atoms with Crippen molar-refractivity contribution < 1.29 is 14.7 Å². The molecule has 0 bridgehead atoms. The summed E-state index contributed by atoms with van der Waals surface area (Å²) in [5, 5.41) is 15.7. The minimum Gasteiger partial charge on any atom is -0.481 e. The Morgan fingerprint density at radius 3 is 2.71 bits per heavy atom. The zero-order valence-electron chi connectivity index (χ0n) is 12.5. The van der Waals surface area contributed by atoms with Gasteiger partial charge in [0.15, 0.2) is 0 Å². The van der Waals surface area contributed by atoms with Crippen LogP contribution in [0, 0.1) is 23.7 Å². The molecular formula is C16H26N2O3. The van der Waals surface area contributed by atoms with Gasteiger partial charge in [-0.3, -0.25) is 9.59 Å². The van der Waals surface area contributed by atoms with Crippen molar-refractivity contribution in [2.24, 2.45) is 23.7 Å². The average molecular weight is 294 g/mol. The van der Waals surface area contributed by atoms with E-state index in [1.807, 2.05) is 0 Å². The van der Waals surface area contributed by atoms with Crippen molar-refractivity contribution in [3.05, 3.63) is 0 Å². The molecule has 0 radical (unpaired) electrons. The molecule has 2 aliphatic carbocycles. The molecule has 0 aromatic rings. The maximum absolute atomic E-state index is 12.4. The zero-order chi connectivity index (χ0) is 14.8. The summed E-state index contributed by atoms with van der Waals surface area (Å²) in [7, 11) is 0. The number of hydrogen-bond acceptors (Lipinski definition) is 3. The minimum absolute atomic E-state index is 0.0515. The number of nitrogens with one attached hydrogen (secondary N) is 2. The number of fused-ring (bicyclic) bond motifs is 1. The second-order valence-corrected chi connectivity index (χ2v) is 6.98. The van der Waals surface area contributed by atoms with Gasteiger partial charge in [-0.2, -0.15) is 0 Å². The molecule has 2 saturated carbocycles. The van der Waals surface area contributed by atoms with Crippen LogP contribution in [-0.4, -0.2) is 36.1 Å². The highest BCUT2D eigenvalue weighted by Crippen LogP contribution is 2.37. The Morgan fingerprint density at radius 1 is 1.10 bits per heavy atom. The molecule has 3 fully saturated rings. The first-order valence-electron chi connectivity index (χ1n) is 8.40. The van der Waals surface area contributed by atoms with Gasteiger partial charge in [0.1, 0.15) is 0 Å². The van der Waals surface area contributed by atoms with E-state index in [1.54, 1.807) is 0 Å². The van der Waals surface area contributed by atoms with Gasteiger partial charge in [0.25, 0.3) is 0 Å². The molecule has 5 nitrogen and oxygen atoms in total. The summed E-state index contributed by atoms with van der Waals surface area (Å²) in [6, 6.07) is -0.0515. The maximum atomic E-state index is 12.4. The molecule has 1 amide bonds. The second-order valence-electron chi connectivity index (χ2n) is 6.98. The number of aliphatic carboxylic acids is 1. The number of carbonyl (C=O) groups is 2. The number of hydrogen-bond donors (Lipinski definition) is 3. The Hall–Kier alpha value is -1.10. The normalized spacial score (nSPS) is 39.0. The van der Waals surface area contributed by atoms with Crippen molar-refractivity contribution in [3.63, 3.8) is 0 Å². The summed E-state index contributed by atoms with van der Waals surface area (Å²) in [6.07, 6.45) is 7.38. The van der Waals surface area contributed by atoms with E-state index in [-0.39, 0.29) is 23.8 Å². The highest BCUT2D eigenvalue weighted by molar-refractivity contribution is 5.82. The van der Waals surface area contributed by atoms with Gasteiger partial charge in [0.2, 0.25) is 5.91 Å². The SMILES string of the molecule is O=C(O)C1CCCCC1CNC(=O)C1NCC2CCCC21. The van der Waals surface area contributed by atoms with Gasteiger partial charge in [-0.05, 0) is 50.0 Å². The smallest absolute Gasteiger partial charge is 0.306 e. The van der Waals surface area contributed by atoms with E-state index in [0.29, 0.717) is 18.4 Å². The molecule has 0 spiro atoms. The summed E-state index contributed by atoms with van der Waals surface area (Å²) in [4.78, 5) is 23.7. The van der Waals surface area contributed by atoms with Gasteiger partial charge in [-0.25, -0.2) is 0 Å². The number of carbonyl (C=O) groups excluding carboxylic acids is 1. The van der Waals surface area contributed by atoms with Crippen molar-refractivity contribution in [3.8, 4) is 0 Å². The largest absolute Gasteiger partial charge is 0.481 e. The van der Waals surface area contributed by atoms with Crippen molar-refractivity contribution in [1.29, 1.82) is 0 Å². The summed E-state index contributed by atoms with van der Waals surface area (Å²) in [5.74, 6) is 0.354. The first kappa shape index (κ1) is 14.8. The lowest BCUT2D eigenvalue weighted by Gasteiger charge is -2.29. The van der Waals surface area contributed by atoms with E-state index in [1.165, 1.54) is 12.8 Å². The first-order chi connectivity index (χ1) is 10.2. The fourth-order valence-electron chi connectivity index (χ4n) is 4.59. The van der Waals surface area contributed by atoms with Crippen molar-refractivity contribution in [1.82, 2.24) is 10.6 Å². The van der Waals surface area contributed by atoms with E-state index in [4.69, 9.17) is 0 Å². The van der Waals surface area contributed by atoms with Gasteiger partial charge < -0.3 is 15.7 Å². The monoisotopic (exact) mass is 294 g/mol. The zero-order valence-corrected chi connectivity index (χ0v) is 12.5. The van der Waals surface area contributed by atoms with Crippen LogP contribution in [0.3, 0.4) is 0 Å². The summed E-state index contributed by atoms with van der Waals surface area (Å²) >= 11 is 0. The van der Waals surface area contributed by atoms with E-state index in [0.717, 1.165) is 38.6 Å². The number of carboxylic acids is 1. The lowest BCUT2D eigenvalue weighted by atomic mass is 9.79. The van der Waals surface area contributed by atoms with E-state index < -0.39 is 5.97 Å². The highest BCUT2D eigenvalue weighted by Gasteiger charge is 2.42. The van der Waals surface area contributed by atoms with Gasteiger partial charge in [-0.15, -0.1) is 0 Å². The third kappa shape index (κ3) is 3.07. The molecule has 21 heavy (non-hydrogen) atoms. The molecule has 118 valence electrons. The Kier molecular flexibility index (Phi) is 4.48. The quantitative estimate of drug-likeness (QED) is 0.732. The Morgan fingerprint density at radius 2 is 1.90 bits per heavy atom. The van der Waals surface area contributed by atoms with E-state index in [2.05, 4.69) is 10.6 Å². The van der Waals surface area contributed by atoms with Crippen LogP contribution < -0.4 is 10.6 Å².